The number of pyridine rings is 1. The van der Waals surface area contributed by atoms with Crippen LogP contribution in [0.5, 0.6) is 0 Å². The molecule has 0 radical (unpaired) electrons. The minimum Gasteiger partial charge on any atom is -0.369 e. The third-order valence-corrected chi connectivity index (χ3v) is 2.51. The number of nitrogens with zero attached hydrogens (tertiary/aromatic N) is 3. The van der Waals surface area contributed by atoms with Crippen molar-refractivity contribution in [3.8, 4) is 0 Å². The lowest BCUT2D eigenvalue weighted by Gasteiger charge is -2.27. The largest absolute Gasteiger partial charge is 0.369 e. The maximum atomic E-state index is 10.2. The first-order valence-corrected chi connectivity index (χ1v) is 5.13. The second kappa shape index (κ2) is 3.62. The Kier molecular flexibility index (Phi) is 2.44. The molecular formula is C11H15N3O. The van der Waals surface area contributed by atoms with Crippen LogP contribution in [-0.2, 0) is 0 Å². The second-order valence-electron chi connectivity index (χ2n) is 3.91. The van der Waals surface area contributed by atoms with E-state index in [1.54, 1.807) is 18.1 Å². The van der Waals surface area contributed by atoms with E-state index in [4.69, 9.17) is 0 Å². The highest BCUT2D eigenvalue weighted by Gasteiger charge is 2.37. The summed E-state index contributed by atoms with van der Waals surface area (Å²) in [6.07, 6.45) is 3.14. The average Bonchev–Trinajstić information content (AvgIpc) is 2.55. The van der Waals surface area contributed by atoms with Crippen LogP contribution < -0.4 is 5.01 Å². The minimum atomic E-state index is -0.945. The van der Waals surface area contributed by atoms with Crippen molar-refractivity contribution < 1.29 is 5.11 Å². The summed E-state index contributed by atoms with van der Waals surface area (Å²) >= 11 is 0. The molecule has 0 saturated carbocycles. The Bertz CT molecular complexity index is 373. The van der Waals surface area contributed by atoms with E-state index < -0.39 is 5.72 Å². The number of hydrazone groups is 1. The number of hydrogen-bond acceptors (Lipinski definition) is 4. The van der Waals surface area contributed by atoms with Gasteiger partial charge in [-0.25, -0.2) is 9.99 Å². The van der Waals surface area contributed by atoms with Gasteiger partial charge in [0.15, 0.2) is 11.5 Å². The van der Waals surface area contributed by atoms with E-state index in [9.17, 15) is 5.11 Å². The van der Waals surface area contributed by atoms with Gasteiger partial charge >= 0.3 is 0 Å². The summed E-state index contributed by atoms with van der Waals surface area (Å²) in [6, 6.07) is 5.58. The molecule has 4 nitrogen and oxygen atoms in total. The molecule has 80 valence electrons. The van der Waals surface area contributed by atoms with Gasteiger partial charge in [-0.2, -0.15) is 5.10 Å². The topological polar surface area (TPSA) is 48.7 Å². The molecule has 1 aliphatic heterocycles. The van der Waals surface area contributed by atoms with Gasteiger partial charge < -0.3 is 5.11 Å². The molecule has 0 spiro atoms. The molecule has 1 atom stereocenters. The summed E-state index contributed by atoms with van der Waals surface area (Å²) in [4.78, 5) is 4.18. The number of hydrogen-bond donors (Lipinski definition) is 1. The Labute approximate surface area is 89.3 Å². The van der Waals surface area contributed by atoms with E-state index in [0.29, 0.717) is 12.2 Å². The monoisotopic (exact) mass is 205 g/mol. The average molecular weight is 205 g/mol. The Morgan fingerprint density at radius 3 is 2.87 bits per heavy atom. The predicted molar refractivity (Wildman–Crippen MR) is 59.7 cm³/mol. The van der Waals surface area contributed by atoms with Gasteiger partial charge in [-0.1, -0.05) is 13.0 Å². The number of aliphatic hydroxyl groups is 1. The molecule has 0 aliphatic carbocycles. The van der Waals surface area contributed by atoms with Crippen LogP contribution in [0.4, 0.5) is 5.82 Å². The van der Waals surface area contributed by atoms with Crippen molar-refractivity contribution in [3.63, 3.8) is 0 Å². The van der Waals surface area contributed by atoms with Crippen LogP contribution >= 0.6 is 0 Å². The van der Waals surface area contributed by atoms with Crippen molar-refractivity contribution in [3.05, 3.63) is 24.4 Å². The molecule has 15 heavy (non-hydrogen) atoms. The number of rotatable bonds is 2. The van der Waals surface area contributed by atoms with Crippen LogP contribution in [0.15, 0.2) is 29.5 Å². The van der Waals surface area contributed by atoms with Crippen molar-refractivity contribution in [1.29, 1.82) is 0 Å². The number of aromatic nitrogens is 1. The molecule has 0 amide bonds. The third-order valence-electron chi connectivity index (χ3n) is 2.51. The predicted octanol–water partition coefficient (Wildman–Crippen LogP) is 1.77. The first kappa shape index (κ1) is 10.1. The molecule has 4 heteroatoms. The smallest absolute Gasteiger partial charge is 0.162 e. The van der Waals surface area contributed by atoms with E-state index in [0.717, 1.165) is 12.1 Å². The molecule has 1 aliphatic rings. The summed E-state index contributed by atoms with van der Waals surface area (Å²) in [5.41, 5.74) is 0.0605. The normalized spacial score (nSPS) is 25.5. The second-order valence-corrected chi connectivity index (χ2v) is 3.91. The maximum absolute atomic E-state index is 10.2. The molecular weight excluding hydrogens is 190 g/mol. The molecule has 2 rings (SSSR count). The zero-order chi connectivity index (χ0) is 10.9. The van der Waals surface area contributed by atoms with E-state index in [1.165, 1.54) is 0 Å². The van der Waals surface area contributed by atoms with Gasteiger partial charge in [0.05, 0.1) is 0 Å². The summed E-state index contributed by atoms with van der Waals surface area (Å²) in [5, 5.41) is 16.1. The highest BCUT2D eigenvalue weighted by atomic mass is 16.3. The zero-order valence-corrected chi connectivity index (χ0v) is 9.01. The van der Waals surface area contributed by atoms with E-state index in [1.807, 2.05) is 25.1 Å². The van der Waals surface area contributed by atoms with Crippen LogP contribution in [0, 0.1) is 0 Å². The first-order valence-electron chi connectivity index (χ1n) is 5.13. The fourth-order valence-electron chi connectivity index (χ4n) is 1.72. The fraction of sp³-hybridized carbons (Fsp3) is 0.455. The summed E-state index contributed by atoms with van der Waals surface area (Å²) < 4.78 is 0. The number of anilines is 1. The van der Waals surface area contributed by atoms with Gasteiger partial charge in [-0.3, -0.25) is 0 Å². The SMILES string of the molecule is CCC1=NN(c2ccccn2)C(C)(O)C1. The molecule has 0 bridgehead atoms. The van der Waals surface area contributed by atoms with Crippen LogP contribution in [0.1, 0.15) is 26.7 Å². The van der Waals surface area contributed by atoms with Crippen LogP contribution in [0.2, 0.25) is 0 Å². The Morgan fingerprint density at radius 2 is 2.33 bits per heavy atom. The molecule has 1 unspecified atom stereocenters. The van der Waals surface area contributed by atoms with E-state index in [-0.39, 0.29) is 0 Å². The summed E-state index contributed by atoms with van der Waals surface area (Å²) in [6.45, 7) is 3.80. The Hall–Kier alpha value is -1.42. The van der Waals surface area contributed by atoms with Gasteiger partial charge in [0, 0.05) is 18.3 Å². The summed E-state index contributed by atoms with van der Waals surface area (Å²) in [5.74, 6) is 0.686. The quantitative estimate of drug-likeness (QED) is 0.800. The lowest BCUT2D eigenvalue weighted by Crippen LogP contribution is -2.39. The molecule has 1 aromatic heterocycles. The Morgan fingerprint density at radius 1 is 1.53 bits per heavy atom. The van der Waals surface area contributed by atoms with Gasteiger partial charge in [-0.15, -0.1) is 0 Å². The van der Waals surface area contributed by atoms with Crippen molar-refractivity contribution in [2.75, 3.05) is 5.01 Å². The van der Waals surface area contributed by atoms with E-state index in [2.05, 4.69) is 10.1 Å². The van der Waals surface area contributed by atoms with Gasteiger partial charge in [0.2, 0.25) is 0 Å². The van der Waals surface area contributed by atoms with Crippen molar-refractivity contribution in [2.24, 2.45) is 5.10 Å². The Balaban J connectivity index is 2.32. The zero-order valence-electron chi connectivity index (χ0n) is 9.01. The molecule has 1 N–H and O–H groups in total. The molecule has 0 saturated heterocycles. The summed E-state index contributed by atoms with van der Waals surface area (Å²) in [7, 11) is 0. The van der Waals surface area contributed by atoms with Crippen molar-refractivity contribution >= 4 is 11.5 Å². The van der Waals surface area contributed by atoms with Gasteiger partial charge in [0.1, 0.15) is 0 Å². The van der Waals surface area contributed by atoms with Crippen LogP contribution in [-0.4, -0.2) is 21.5 Å². The molecule has 0 aromatic carbocycles. The standard InChI is InChI=1S/C11H15N3O/c1-3-9-8-11(2,15)14(13-9)10-6-4-5-7-12-10/h4-7,15H,3,8H2,1-2H3. The highest BCUT2D eigenvalue weighted by Crippen LogP contribution is 2.29. The first-order chi connectivity index (χ1) is 7.13. The van der Waals surface area contributed by atoms with Crippen LogP contribution in [0.25, 0.3) is 0 Å². The molecule has 0 fully saturated rings. The molecule has 1 aromatic rings. The maximum Gasteiger partial charge on any atom is 0.162 e. The van der Waals surface area contributed by atoms with Gasteiger partial charge in [-0.05, 0) is 25.5 Å². The lowest BCUT2D eigenvalue weighted by molar-refractivity contribution is 0.0718. The molecule has 2 heterocycles. The van der Waals surface area contributed by atoms with Crippen molar-refractivity contribution in [2.45, 2.75) is 32.4 Å². The lowest BCUT2D eigenvalue weighted by atomic mass is 10.1. The minimum absolute atomic E-state index is 0.583. The van der Waals surface area contributed by atoms with E-state index >= 15 is 0 Å². The van der Waals surface area contributed by atoms with Crippen molar-refractivity contribution in [1.82, 2.24) is 4.98 Å². The highest BCUT2D eigenvalue weighted by molar-refractivity contribution is 5.88. The van der Waals surface area contributed by atoms with Gasteiger partial charge in [0.25, 0.3) is 0 Å². The fourth-order valence-corrected chi connectivity index (χ4v) is 1.72. The van der Waals surface area contributed by atoms with Crippen LogP contribution in [0.3, 0.4) is 0 Å². The third kappa shape index (κ3) is 1.85.